The van der Waals surface area contributed by atoms with Crippen molar-refractivity contribution in [3.8, 4) is 33.5 Å². The van der Waals surface area contributed by atoms with E-state index in [2.05, 4.69) is 98.0 Å². The third kappa shape index (κ3) is 3.81. The van der Waals surface area contributed by atoms with Gasteiger partial charge in [-0.25, -0.2) is 0 Å². The van der Waals surface area contributed by atoms with E-state index in [0.29, 0.717) is 0 Å². The quantitative estimate of drug-likeness (QED) is 0.235. The first kappa shape index (κ1) is 23.0. The molecule has 0 aliphatic heterocycles. The van der Waals surface area contributed by atoms with Crippen LogP contribution in [0.15, 0.2) is 117 Å². The Hall–Kier alpha value is -4.75. The fourth-order valence-electron chi connectivity index (χ4n) is 5.05. The highest BCUT2D eigenvalue weighted by Gasteiger charge is 2.20. The Kier molecular flexibility index (Phi) is 6.30. The van der Waals surface area contributed by atoms with Crippen LogP contribution in [0, 0.1) is 0 Å². The van der Waals surface area contributed by atoms with E-state index < -0.39 is 0 Å². The maximum atomic E-state index is 4.49. The molecule has 36 heavy (non-hydrogen) atoms. The minimum absolute atomic E-state index is 0.957. The Labute approximate surface area is 213 Å². The fraction of sp³-hybridized carbons (Fsp3) is 0. The van der Waals surface area contributed by atoms with E-state index in [1.54, 1.807) is 0 Å². The zero-order valence-corrected chi connectivity index (χ0v) is 20.2. The molecule has 1 heteroatoms. The number of pyridine rings is 1. The molecular weight excluding hydrogens is 434 g/mol. The lowest BCUT2D eigenvalue weighted by Crippen LogP contribution is -1.98. The lowest BCUT2D eigenvalue weighted by atomic mass is 9.81. The lowest BCUT2D eigenvalue weighted by molar-refractivity contribution is 1.33. The fourth-order valence-corrected chi connectivity index (χ4v) is 5.05. The molecule has 0 saturated heterocycles. The van der Waals surface area contributed by atoms with Crippen molar-refractivity contribution in [2.75, 3.05) is 0 Å². The van der Waals surface area contributed by atoms with Gasteiger partial charge in [0.05, 0.1) is 5.69 Å². The zero-order chi connectivity index (χ0) is 25.1. The van der Waals surface area contributed by atoms with Gasteiger partial charge in [-0.1, -0.05) is 123 Å². The second-order valence-electron chi connectivity index (χ2n) is 8.54. The normalized spacial score (nSPS) is 10.7. The summed E-state index contributed by atoms with van der Waals surface area (Å²) in [5, 5.41) is 2.32. The highest BCUT2D eigenvalue weighted by molar-refractivity contribution is 6.12. The van der Waals surface area contributed by atoms with Gasteiger partial charge >= 0.3 is 0 Å². The van der Waals surface area contributed by atoms with Crippen molar-refractivity contribution in [1.29, 1.82) is 0 Å². The van der Waals surface area contributed by atoms with E-state index in [4.69, 9.17) is 0 Å². The van der Waals surface area contributed by atoms with Crippen molar-refractivity contribution in [3.63, 3.8) is 0 Å². The summed E-state index contributed by atoms with van der Waals surface area (Å²) in [4.78, 5) is 4.49. The van der Waals surface area contributed by atoms with Gasteiger partial charge in [-0.05, 0) is 67.4 Å². The third-order valence-electron chi connectivity index (χ3n) is 6.67. The van der Waals surface area contributed by atoms with Gasteiger partial charge in [0.2, 0.25) is 0 Å². The highest BCUT2D eigenvalue weighted by atomic mass is 14.7. The molecule has 0 fully saturated rings. The summed E-state index contributed by atoms with van der Waals surface area (Å²) in [7, 11) is 0. The number of benzene rings is 4. The molecule has 0 unspecified atom stereocenters. The number of hydrogen-bond donors (Lipinski definition) is 0. The molecule has 0 amide bonds. The summed E-state index contributed by atoms with van der Waals surface area (Å²) < 4.78 is 0. The summed E-state index contributed by atoms with van der Waals surface area (Å²) in [5.41, 5.74) is 10.8. The first-order valence-electron chi connectivity index (χ1n) is 12.0. The van der Waals surface area contributed by atoms with E-state index in [1.807, 2.05) is 48.7 Å². The highest BCUT2D eigenvalue weighted by Crippen LogP contribution is 2.44. The predicted molar refractivity (Wildman–Crippen MR) is 158 cm³/mol. The SMILES string of the molecule is C=Cc1cccc(-c2c(C=C)c(C=C)c(-c3ccc(-c4ccccn4)cc3)c3ccccc23)c1C=C. The number of nitrogens with zero attached hydrogens (tertiary/aromatic N) is 1. The molecule has 1 nitrogen and oxygen atoms in total. The van der Waals surface area contributed by atoms with Gasteiger partial charge in [0.1, 0.15) is 0 Å². The van der Waals surface area contributed by atoms with E-state index >= 15 is 0 Å². The molecule has 1 aromatic heterocycles. The maximum Gasteiger partial charge on any atom is 0.0701 e. The van der Waals surface area contributed by atoms with Crippen LogP contribution >= 0.6 is 0 Å². The van der Waals surface area contributed by atoms with Gasteiger partial charge in [0.25, 0.3) is 0 Å². The van der Waals surface area contributed by atoms with Crippen molar-refractivity contribution < 1.29 is 0 Å². The van der Waals surface area contributed by atoms with Crippen LogP contribution in [0.3, 0.4) is 0 Å². The van der Waals surface area contributed by atoms with Crippen molar-refractivity contribution in [1.82, 2.24) is 4.98 Å². The minimum Gasteiger partial charge on any atom is -0.256 e. The second-order valence-corrected chi connectivity index (χ2v) is 8.54. The van der Waals surface area contributed by atoms with Crippen LogP contribution in [0.2, 0.25) is 0 Å². The van der Waals surface area contributed by atoms with Gasteiger partial charge < -0.3 is 0 Å². The Balaban J connectivity index is 1.83. The molecule has 0 aliphatic rings. The van der Waals surface area contributed by atoms with Crippen molar-refractivity contribution in [3.05, 3.63) is 140 Å². The molecule has 0 spiro atoms. The molecule has 0 aliphatic carbocycles. The Morgan fingerprint density at radius 2 is 1.11 bits per heavy atom. The summed E-state index contributed by atoms with van der Waals surface area (Å²) in [6.45, 7) is 16.5. The number of aromatic nitrogens is 1. The molecule has 1 heterocycles. The average Bonchev–Trinajstić information content (AvgIpc) is 2.95. The van der Waals surface area contributed by atoms with Crippen LogP contribution in [0.1, 0.15) is 22.3 Å². The van der Waals surface area contributed by atoms with Gasteiger partial charge in [-0.15, -0.1) is 0 Å². The Morgan fingerprint density at radius 3 is 1.72 bits per heavy atom. The van der Waals surface area contributed by atoms with Crippen LogP contribution < -0.4 is 0 Å². The Morgan fingerprint density at radius 1 is 0.500 bits per heavy atom. The lowest BCUT2D eigenvalue weighted by Gasteiger charge is -2.22. The first-order chi connectivity index (χ1) is 17.7. The van der Waals surface area contributed by atoms with Gasteiger partial charge in [-0.2, -0.15) is 0 Å². The molecule has 4 aromatic carbocycles. The molecule has 172 valence electrons. The molecule has 0 N–H and O–H groups in total. The number of rotatable bonds is 7. The van der Waals surface area contributed by atoms with Gasteiger partial charge in [-0.3, -0.25) is 4.98 Å². The van der Waals surface area contributed by atoms with Crippen molar-refractivity contribution in [2.45, 2.75) is 0 Å². The van der Waals surface area contributed by atoms with Crippen LogP contribution in [-0.2, 0) is 0 Å². The third-order valence-corrected chi connectivity index (χ3v) is 6.67. The summed E-state index contributed by atoms with van der Waals surface area (Å²) in [6.07, 6.45) is 9.49. The first-order valence-corrected chi connectivity index (χ1v) is 12.0. The van der Waals surface area contributed by atoms with E-state index in [0.717, 1.165) is 66.5 Å². The standard InChI is InChI=1S/C35H27N/c1-5-24-14-13-17-30(27(24)6-2)35-29(8-4)28(7-3)34(31-15-9-10-16-32(31)35)26-21-19-25(20-22-26)33-18-11-12-23-36-33/h5-23H,1-4H2. The minimum atomic E-state index is 0.957. The van der Waals surface area contributed by atoms with Crippen LogP contribution in [0.25, 0.3) is 68.6 Å². The maximum absolute atomic E-state index is 4.49. The molecular formula is C35H27N. The van der Waals surface area contributed by atoms with E-state index in [-0.39, 0.29) is 0 Å². The zero-order valence-electron chi connectivity index (χ0n) is 20.2. The molecule has 0 radical (unpaired) electrons. The van der Waals surface area contributed by atoms with Crippen molar-refractivity contribution >= 4 is 35.1 Å². The smallest absolute Gasteiger partial charge is 0.0701 e. The second kappa shape index (κ2) is 9.85. The number of hydrogen-bond acceptors (Lipinski definition) is 1. The molecule has 5 rings (SSSR count). The van der Waals surface area contributed by atoms with Crippen LogP contribution in [0.4, 0.5) is 0 Å². The summed E-state index contributed by atoms with van der Waals surface area (Å²) in [6, 6.07) is 29.4. The molecule has 0 bridgehead atoms. The van der Waals surface area contributed by atoms with Crippen LogP contribution in [-0.4, -0.2) is 4.98 Å². The van der Waals surface area contributed by atoms with Crippen LogP contribution in [0.5, 0.6) is 0 Å². The average molecular weight is 462 g/mol. The van der Waals surface area contributed by atoms with Crippen molar-refractivity contribution in [2.24, 2.45) is 0 Å². The topological polar surface area (TPSA) is 12.9 Å². The largest absolute Gasteiger partial charge is 0.256 e. The predicted octanol–water partition coefficient (Wildman–Crippen LogP) is 9.81. The van der Waals surface area contributed by atoms with E-state index in [1.165, 1.54) is 0 Å². The molecule has 5 aromatic rings. The summed E-state index contributed by atoms with van der Waals surface area (Å²) >= 11 is 0. The number of fused-ring (bicyclic) bond motifs is 1. The monoisotopic (exact) mass is 461 g/mol. The Bertz CT molecular complexity index is 1620. The molecule has 0 saturated carbocycles. The van der Waals surface area contributed by atoms with Gasteiger partial charge in [0.15, 0.2) is 0 Å². The summed E-state index contributed by atoms with van der Waals surface area (Å²) in [5.74, 6) is 0. The molecule has 0 atom stereocenters. The van der Waals surface area contributed by atoms with Gasteiger partial charge in [0, 0.05) is 11.8 Å². The van der Waals surface area contributed by atoms with E-state index in [9.17, 15) is 0 Å².